The van der Waals surface area contributed by atoms with Crippen LogP contribution >= 0.6 is 0 Å². The molecule has 0 spiro atoms. The first-order chi connectivity index (χ1) is 12.6. The summed E-state index contributed by atoms with van der Waals surface area (Å²) >= 11 is 0. The Labute approximate surface area is 151 Å². The predicted molar refractivity (Wildman–Crippen MR) is 97.7 cm³/mol. The van der Waals surface area contributed by atoms with Crippen LogP contribution in [-0.2, 0) is 19.4 Å². The van der Waals surface area contributed by atoms with E-state index in [4.69, 9.17) is 4.42 Å². The molecule has 0 fully saturated rings. The van der Waals surface area contributed by atoms with E-state index in [2.05, 4.69) is 10.1 Å². The van der Waals surface area contributed by atoms with Crippen LogP contribution in [0, 0.1) is 18.3 Å². The highest BCUT2D eigenvalue weighted by Crippen LogP contribution is 2.22. The number of aryl methyl sites for hydroxylation is 2. The van der Waals surface area contributed by atoms with E-state index in [9.17, 15) is 10.1 Å². The first kappa shape index (κ1) is 17.6. The molecule has 0 aliphatic heterocycles. The summed E-state index contributed by atoms with van der Waals surface area (Å²) in [4.78, 5) is 17.1. The molecule has 6 nitrogen and oxygen atoms in total. The first-order valence-electron chi connectivity index (χ1n) is 8.63. The first-order valence-corrected chi connectivity index (χ1v) is 8.63. The van der Waals surface area contributed by atoms with E-state index < -0.39 is 5.56 Å². The molecule has 0 saturated carbocycles. The lowest BCUT2D eigenvalue weighted by Gasteiger charge is -2.11. The SMILES string of the molecule is CCc1nn(Cc2oc(-c3ccccc3)nc2C)c(=O)c(C#N)c1CC. The Morgan fingerprint density at radius 3 is 2.54 bits per heavy atom. The standard InChI is InChI=1S/C20H20N4O2/c1-4-15-16(11-21)20(25)24(23-17(15)5-2)12-18-13(3)22-19(26-18)14-9-7-6-8-10-14/h6-10H,4-5,12H2,1-3H3. The number of hydrogen-bond acceptors (Lipinski definition) is 5. The van der Waals surface area contributed by atoms with Crippen LogP contribution in [0.3, 0.4) is 0 Å². The Bertz CT molecular complexity index is 1030. The van der Waals surface area contributed by atoms with Crippen molar-refractivity contribution < 1.29 is 4.42 Å². The smallest absolute Gasteiger partial charge is 0.285 e. The molecule has 0 aliphatic rings. The summed E-state index contributed by atoms with van der Waals surface area (Å²) in [6.45, 7) is 5.87. The van der Waals surface area contributed by atoms with Crippen molar-refractivity contribution in [1.82, 2.24) is 14.8 Å². The summed E-state index contributed by atoms with van der Waals surface area (Å²) in [6.07, 6.45) is 1.26. The molecule has 2 heterocycles. The van der Waals surface area contributed by atoms with Gasteiger partial charge in [0.15, 0.2) is 0 Å². The Morgan fingerprint density at radius 1 is 1.19 bits per heavy atom. The number of benzene rings is 1. The largest absolute Gasteiger partial charge is 0.439 e. The minimum absolute atomic E-state index is 0.149. The lowest BCUT2D eigenvalue weighted by molar-refractivity contribution is 0.472. The van der Waals surface area contributed by atoms with Gasteiger partial charge in [-0.3, -0.25) is 4.79 Å². The number of nitriles is 1. The summed E-state index contributed by atoms with van der Waals surface area (Å²) < 4.78 is 7.17. The molecule has 0 amide bonds. The van der Waals surface area contributed by atoms with E-state index in [1.807, 2.05) is 57.2 Å². The average Bonchev–Trinajstić information content (AvgIpc) is 3.04. The Balaban J connectivity index is 2.04. The van der Waals surface area contributed by atoms with Crippen LogP contribution < -0.4 is 5.56 Å². The maximum atomic E-state index is 12.7. The summed E-state index contributed by atoms with van der Waals surface area (Å²) in [7, 11) is 0. The molecule has 3 rings (SSSR count). The van der Waals surface area contributed by atoms with Crippen LogP contribution in [0.25, 0.3) is 11.5 Å². The number of nitrogens with zero attached hydrogens (tertiary/aromatic N) is 4. The second kappa shape index (κ2) is 7.36. The summed E-state index contributed by atoms with van der Waals surface area (Å²) in [5.74, 6) is 1.07. The van der Waals surface area contributed by atoms with Gasteiger partial charge in [-0.05, 0) is 37.5 Å². The van der Waals surface area contributed by atoms with Crippen molar-refractivity contribution in [3.05, 3.63) is 69.0 Å². The summed E-state index contributed by atoms with van der Waals surface area (Å²) in [5.41, 5.74) is 2.85. The van der Waals surface area contributed by atoms with Crippen molar-refractivity contribution in [3.8, 4) is 17.5 Å². The topological polar surface area (TPSA) is 84.7 Å². The van der Waals surface area contributed by atoms with Gasteiger partial charge in [0, 0.05) is 5.56 Å². The molecule has 0 bridgehead atoms. The molecule has 0 unspecified atom stereocenters. The van der Waals surface area contributed by atoms with Gasteiger partial charge in [0.2, 0.25) is 5.89 Å². The average molecular weight is 348 g/mol. The van der Waals surface area contributed by atoms with Gasteiger partial charge in [-0.25, -0.2) is 9.67 Å². The molecule has 0 saturated heterocycles. The van der Waals surface area contributed by atoms with E-state index in [1.54, 1.807) is 0 Å². The van der Waals surface area contributed by atoms with Crippen molar-refractivity contribution in [1.29, 1.82) is 5.26 Å². The van der Waals surface area contributed by atoms with Gasteiger partial charge in [-0.2, -0.15) is 10.4 Å². The van der Waals surface area contributed by atoms with Crippen LogP contribution in [0.5, 0.6) is 0 Å². The number of oxazole rings is 1. The van der Waals surface area contributed by atoms with Crippen molar-refractivity contribution in [2.45, 2.75) is 40.2 Å². The quantitative estimate of drug-likeness (QED) is 0.706. The molecular weight excluding hydrogens is 328 g/mol. The van der Waals surface area contributed by atoms with Gasteiger partial charge in [-0.1, -0.05) is 32.0 Å². The van der Waals surface area contributed by atoms with Crippen LogP contribution in [0.15, 0.2) is 39.5 Å². The van der Waals surface area contributed by atoms with Gasteiger partial charge in [0.05, 0.1) is 11.4 Å². The number of hydrogen-bond donors (Lipinski definition) is 0. The van der Waals surface area contributed by atoms with Crippen molar-refractivity contribution in [2.24, 2.45) is 0 Å². The van der Waals surface area contributed by atoms with Gasteiger partial charge in [-0.15, -0.1) is 0 Å². The van der Waals surface area contributed by atoms with Crippen LogP contribution in [-0.4, -0.2) is 14.8 Å². The molecule has 132 valence electrons. The van der Waals surface area contributed by atoms with E-state index in [0.29, 0.717) is 30.2 Å². The second-order valence-electron chi connectivity index (χ2n) is 5.98. The zero-order valence-electron chi connectivity index (χ0n) is 15.1. The summed E-state index contributed by atoms with van der Waals surface area (Å²) in [5, 5.41) is 13.9. The maximum Gasteiger partial charge on any atom is 0.285 e. The molecule has 0 aliphatic carbocycles. The molecule has 3 aromatic rings. The van der Waals surface area contributed by atoms with Gasteiger partial charge < -0.3 is 4.42 Å². The van der Waals surface area contributed by atoms with E-state index in [-0.39, 0.29) is 12.1 Å². The predicted octanol–water partition coefficient (Wildman–Crippen LogP) is 3.25. The monoisotopic (exact) mass is 348 g/mol. The van der Waals surface area contributed by atoms with Crippen molar-refractivity contribution >= 4 is 0 Å². The lowest BCUT2D eigenvalue weighted by atomic mass is 10.0. The van der Waals surface area contributed by atoms with Gasteiger partial charge in [0.25, 0.3) is 5.56 Å². The molecule has 2 aromatic heterocycles. The zero-order chi connectivity index (χ0) is 18.7. The fourth-order valence-corrected chi connectivity index (χ4v) is 2.96. The third-order valence-corrected chi connectivity index (χ3v) is 4.35. The third kappa shape index (κ3) is 3.16. The summed E-state index contributed by atoms with van der Waals surface area (Å²) in [6, 6.07) is 11.6. The second-order valence-corrected chi connectivity index (χ2v) is 5.98. The van der Waals surface area contributed by atoms with Crippen molar-refractivity contribution in [2.75, 3.05) is 0 Å². The van der Waals surface area contributed by atoms with E-state index in [0.717, 1.165) is 16.8 Å². The highest BCUT2D eigenvalue weighted by Gasteiger charge is 2.18. The molecule has 0 atom stereocenters. The Kier molecular flexibility index (Phi) is 4.99. The van der Waals surface area contributed by atoms with Crippen LogP contribution in [0.4, 0.5) is 0 Å². The molecule has 1 aromatic carbocycles. The molecular formula is C20H20N4O2. The van der Waals surface area contributed by atoms with E-state index in [1.165, 1.54) is 4.68 Å². The third-order valence-electron chi connectivity index (χ3n) is 4.35. The lowest BCUT2D eigenvalue weighted by Crippen LogP contribution is -2.29. The Hall–Kier alpha value is -3.20. The fraction of sp³-hybridized carbons (Fsp3) is 0.300. The minimum Gasteiger partial charge on any atom is -0.439 e. The normalized spacial score (nSPS) is 10.7. The van der Waals surface area contributed by atoms with Gasteiger partial charge >= 0.3 is 0 Å². The van der Waals surface area contributed by atoms with Gasteiger partial charge in [0.1, 0.15) is 23.9 Å². The van der Waals surface area contributed by atoms with Crippen molar-refractivity contribution in [3.63, 3.8) is 0 Å². The highest BCUT2D eigenvalue weighted by molar-refractivity contribution is 5.53. The molecule has 0 N–H and O–H groups in total. The van der Waals surface area contributed by atoms with E-state index >= 15 is 0 Å². The number of aromatic nitrogens is 3. The minimum atomic E-state index is -0.390. The fourth-order valence-electron chi connectivity index (χ4n) is 2.96. The molecule has 0 radical (unpaired) electrons. The molecule has 26 heavy (non-hydrogen) atoms. The zero-order valence-corrected chi connectivity index (χ0v) is 15.1. The molecule has 6 heteroatoms. The Morgan fingerprint density at radius 2 is 1.92 bits per heavy atom. The maximum absolute atomic E-state index is 12.7. The number of rotatable bonds is 5. The highest BCUT2D eigenvalue weighted by atomic mass is 16.4. The van der Waals surface area contributed by atoms with Crippen LogP contribution in [0.1, 0.15) is 42.1 Å². The van der Waals surface area contributed by atoms with Crippen LogP contribution in [0.2, 0.25) is 0 Å².